The van der Waals surface area contributed by atoms with Gasteiger partial charge in [0.25, 0.3) is 0 Å². The summed E-state index contributed by atoms with van der Waals surface area (Å²) in [6, 6.07) is 14.3. The van der Waals surface area contributed by atoms with E-state index in [0.29, 0.717) is 13.2 Å². The average molecular weight is 285 g/mol. The fourth-order valence-corrected chi connectivity index (χ4v) is 2.56. The second kappa shape index (κ2) is 6.06. The lowest BCUT2D eigenvalue weighted by Crippen LogP contribution is -2.19. The molecule has 1 aliphatic heterocycles. The second-order valence-corrected chi connectivity index (χ2v) is 4.90. The van der Waals surface area contributed by atoms with Gasteiger partial charge in [0.05, 0.1) is 13.2 Å². The molecule has 0 aliphatic carbocycles. The SMILES string of the molecule is CNC(c1ccc(OC)cc1)c1ccc2c(c1)OCCO2. The van der Waals surface area contributed by atoms with E-state index >= 15 is 0 Å². The van der Waals surface area contributed by atoms with Crippen molar-refractivity contribution in [3.05, 3.63) is 53.6 Å². The van der Waals surface area contributed by atoms with Crippen LogP contribution in [0.1, 0.15) is 17.2 Å². The fraction of sp³-hybridized carbons (Fsp3) is 0.294. The molecule has 0 saturated heterocycles. The van der Waals surface area contributed by atoms with Crippen molar-refractivity contribution in [2.75, 3.05) is 27.4 Å². The summed E-state index contributed by atoms with van der Waals surface area (Å²) in [7, 11) is 3.62. The monoisotopic (exact) mass is 285 g/mol. The Hall–Kier alpha value is -2.20. The third-order valence-electron chi connectivity index (χ3n) is 3.64. The first-order valence-electron chi connectivity index (χ1n) is 7.02. The lowest BCUT2D eigenvalue weighted by molar-refractivity contribution is 0.171. The van der Waals surface area contributed by atoms with Gasteiger partial charge in [-0.25, -0.2) is 0 Å². The van der Waals surface area contributed by atoms with Crippen LogP contribution in [0.3, 0.4) is 0 Å². The summed E-state index contributed by atoms with van der Waals surface area (Å²) in [6.07, 6.45) is 0. The molecule has 2 aromatic rings. The summed E-state index contributed by atoms with van der Waals surface area (Å²) in [4.78, 5) is 0. The molecule has 3 rings (SSSR count). The molecule has 1 unspecified atom stereocenters. The van der Waals surface area contributed by atoms with Gasteiger partial charge >= 0.3 is 0 Å². The van der Waals surface area contributed by atoms with Crippen molar-refractivity contribution in [3.63, 3.8) is 0 Å². The van der Waals surface area contributed by atoms with Gasteiger partial charge in [-0.05, 0) is 42.4 Å². The molecule has 21 heavy (non-hydrogen) atoms. The summed E-state index contributed by atoms with van der Waals surface area (Å²) in [5.74, 6) is 2.48. The molecule has 0 amide bonds. The van der Waals surface area contributed by atoms with E-state index in [0.717, 1.165) is 22.8 Å². The first kappa shape index (κ1) is 13.8. The summed E-state index contributed by atoms with van der Waals surface area (Å²) in [5.41, 5.74) is 2.32. The molecule has 4 heteroatoms. The van der Waals surface area contributed by atoms with Crippen molar-refractivity contribution >= 4 is 0 Å². The topological polar surface area (TPSA) is 39.7 Å². The standard InChI is InChI=1S/C17H19NO3/c1-18-17(12-3-6-14(19-2)7-4-12)13-5-8-15-16(11-13)21-10-9-20-15/h3-8,11,17-18H,9-10H2,1-2H3. The zero-order chi connectivity index (χ0) is 14.7. The van der Waals surface area contributed by atoms with Crippen LogP contribution in [0.5, 0.6) is 17.2 Å². The molecule has 1 N–H and O–H groups in total. The van der Waals surface area contributed by atoms with E-state index in [1.807, 2.05) is 31.3 Å². The smallest absolute Gasteiger partial charge is 0.161 e. The maximum absolute atomic E-state index is 5.66. The van der Waals surface area contributed by atoms with Crippen LogP contribution < -0.4 is 19.5 Å². The Morgan fingerprint density at radius 3 is 2.29 bits per heavy atom. The van der Waals surface area contributed by atoms with Crippen LogP contribution in [0.25, 0.3) is 0 Å². The summed E-state index contributed by atoms with van der Waals surface area (Å²) >= 11 is 0. The van der Waals surface area contributed by atoms with Gasteiger partial charge in [0.2, 0.25) is 0 Å². The van der Waals surface area contributed by atoms with E-state index in [9.17, 15) is 0 Å². The van der Waals surface area contributed by atoms with Crippen molar-refractivity contribution in [1.29, 1.82) is 0 Å². The van der Waals surface area contributed by atoms with Crippen molar-refractivity contribution < 1.29 is 14.2 Å². The van der Waals surface area contributed by atoms with E-state index < -0.39 is 0 Å². The highest BCUT2D eigenvalue weighted by Crippen LogP contribution is 2.34. The third-order valence-corrected chi connectivity index (χ3v) is 3.64. The molecule has 1 aliphatic rings. The Kier molecular flexibility index (Phi) is 3.97. The van der Waals surface area contributed by atoms with Crippen LogP contribution in [0.4, 0.5) is 0 Å². The molecule has 110 valence electrons. The highest BCUT2D eigenvalue weighted by molar-refractivity contribution is 5.47. The van der Waals surface area contributed by atoms with Gasteiger partial charge in [-0.1, -0.05) is 18.2 Å². The Bertz CT molecular complexity index is 610. The van der Waals surface area contributed by atoms with Crippen LogP contribution in [0.15, 0.2) is 42.5 Å². The molecule has 0 saturated carbocycles. The quantitative estimate of drug-likeness (QED) is 0.937. The lowest BCUT2D eigenvalue weighted by Gasteiger charge is -2.22. The van der Waals surface area contributed by atoms with E-state index in [2.05, 4.69) is 23.5 Å². The van der Waals surface area contributed by atoms with Crippen LogP contribution in [0.2, 0.25) is 0 Å². The van der Waals surface area contributed by atoms with Crippen molar-refractivity contribution in [2.24, 2.45) is 0 Å². The second-order valence-electron chi connectivity index (χ2n) is 4.90. The lowest BCUT2D eigenvalue weighted by atomic mass is 9.98. The molecule has 0 bridgehead atoms. The molecule has 0 fully saturated rings. The van der Waals surface area contributed by atoms with Crippen molar-refractivity contribution in [2.45, 2.75) is 6.04 Å². The summed E-state index contributed by atoms with van der Waals surface area (Å²) in [5, 5.41) is 3.34. The molecule has 0 aromatic heterocycles. The van der Waals surface area contributed by atoms with Gasteiger partial charge in [0, 0.05) is 0 Å². The molecule has 4 nitrogen and oxygen atoms in total. The Balaban J connectivity index is 1.91. The Morgan fingerprint density at radius 1 is 0.952 bits per heavy atom. The van der Waals surface area contributed by atoms with Gasteiger partial charge in [0.15, 0.2) is 11.5 Å². The average Bonchev–Trinajstić information content (AvgIpc) is 2.56. The number of rotatable bonds is 4. The number of methoxy groups -OCH3 is 1. The van der Waals surface area contributed by atoms with Gasteiger partial charge in [-0.15, -0.1) is 0 Å². The zero-order valence-corrected chi connectivity index (χ0v) is 12.3. The van der Waals surface area contributed by atoms with E-state index in [-0.39, 0.29) is 6.04 Å². The van der Waals surface area contributed by atoms with Crippen molar-refractivity contribution in [1.82, 2.24) is 5.32 Å². The number of hydrogen-bond acceptors (Lipinski definition) is 4. The maximum atomic E-state index is 5.66. The molecular formula is C17H19NO3. The number of nitrogens with one attached hydrogen (secondary N) is 1. The molecular weight excluding hydrogens is 266 g/mol. The van der Waals surface area contributed by atoms with Crippen LogP contribution >= 0.6 is 0 Å². The predicted molar refractivity (Wildman–Crippen MR) is 81.3 cm³/mol. The third kappa shape index (κ3) is 2.81. The first-order valence-corrected chi connectivity index (χ1v) is 7.02. The van der Waals surface area contributed by atoms with Gasteiger partial charge in [-0.2, -0.15) is 0 Å². The molecule has 1 heterocycles. The Labute approximate surface area is 124 Å². The van der Waals surface area contributed by atoms with E-state index in [4.69, 9.17) is 14.2 Å². The highest BCUT2D eigenvalue weighted by Gasteiger charge is 2.17. The van der Waals surface area contributed by atoms with Crippen LogP contribution in [-0.2, 0) is 0 Å². The highest BCUT2D eigenvalue weighted by atomic mass is 16.6. The fourth-order valence-electron chi connectivity index (χ4n) is 2.56. The van der Waals surface area contributed by atoms with Crippen LogP contribution in [-0.4, -0.2) is 27.4 Å². The molecule has 1 atom stereocenters. The Morgan fingerprint density at radius 2 is 1.62 bits per heavy atom. The van der Waals surface area contributed by atoms with E-state index in [1.54, 1.807) is 7.11 Å². The maximum Gasteiger partial charge on any atom is 0.161 e. The van der Waals surface area contributed by atoms with Crippen LogP contribution in [0, 0.1) is 0 Å². The summed E-state index contributed by atoms with van der Waals surface area (Å²) in [6.45, 7) is 1.21. The van der Waals surface area contributed by atoms with Gasteiger partial charge in [0.1, 0.15) is 19.0 Å². The predicted octanol–water partition coefficient (Wildman–Crippen LogP) is 2.78. The number of fused-ring (bicyclic) bond motifs is 1. The first-order chi connectivity index (χ1) is 10.3. The normalized spacial score (nSPS) is 14.6. The van der Waals surface area contributed by atoms with E-state index in [1.165, 1.54) is 5.56 Å². The van der Waals surface area contributed by atoms with Crippen molar-refractivity contribution in [3.8, 4) is 17.2 Å². The minimum Gasteiger partial charge on any atom is -0.497 e. The van der Waals surface area contributed by atoms with Gasteiger partial charge < -0.3 is 19.5 Å². The zero-order valence-electron chi connectivity index (χ0n) is 12.3. The minimum absolute atomic E-state index is 0.103. The number of benzene rings is 2. The largest absolute Gasteiger partial charge is 0.497 e. The van der Waals surface area contributed by atoms with Gasteiger partial charge in [-0.3, -0.25) is 0 Å². The molecule has 0 radical (unpaired) electrons. The number of hydrogen-bond donors (Lipinski definition) is 1. The summed E-state index contributed by atoms with van der Waals surface area (Å²) < 4.78 is 16.4. The molecule has 0 spiro atoms. The minimum atomic E-state index is 0.103. The number of ether oxygens (including phenoxy) is 3. The molecule has 2 aromatic carbocycles.